The number of carbonyl (C=O) groups is 3. The predicted octanol–water partition coefficient (Wildman–Crippen LogP) is 7.72. The molecule has 4 aromatic carbocycles. The van der Waals surface area contributed by atoms with Crippen LogP contribution in [0.2, 0.25) is 5.02 Å². The lowest BCUT2D eigenvalue weighted by atomic mass is 9.98. The first-order valence-corrected chi connectivity index (χ1v) is 28.1. The molecule has 25 heteroatoms. The van der Waals surface area contributed by atoms with Gasteiger partial charge in [0.15, 0.2) is 5.82 Å². The second-order valence-electron chi connectivity index (χ2n) is 22.0. The van der Waals surface area contributed by atoms with Crippen molar-refractivity contribution < 1.29 is 51.3 Å². The Balaban J connectivity index is 0.795. The number of aromatic nitrogens is 5. The van der Waals surface area contributed by atoms with Gasteiger partial charge in [-0.2, -0.15) is 37.2 Å². The number of nitrogens with zero attached hydrogens (tertiary/aromatic N) is 12. The molecule has 4 aliphatic heterocycles. The zero-order valence-corrected chi connectivity index (χ0v) is 47.3. The molecule has 0 saturated carbocycles. The third-order valence-corrected chi connectivity index (χ3v) is 16.6. The number of phenolic OH excluding ortho intramolecular Hbond substituents is 2. The highest BCUT2D eigenvalue weighted by molar-refractivity contribution is 6.36. The minimum atomic E-state index is -5.92. The third-order valence-electron chi connectivity index (χ3n) is 16.2. The van der Waals surface area contributed by atoms with Crippen molar-refractivity contribution in [2.24, 2.45) is 5.92 Å². The highest BCUT2D eigenvalue weighted by Gasteiger charge is 2.57. The molecule has 0 radical (unpaired) electrons. The summed E-state index contributed by atoms with van der Waals surface area (Å²) < 4.78 is 74.5. The number of phenols is 2. The molecule has 0 aliphatic carbocycles. The highest BCUT2D eigenvalue weighted by Crippen LogP contribution is 2.41. The van der Waals surface area contributed by atoms with Gasteiger partial charge in [0.2, 0.25) is 17.6 Å². The minimum Gasteiger partial charge on any atom is -0.508 e. The van der Waals surface area contributed by atoms with E-state index in [1.807, 2.05) is 42.3 Å². The van der Waals surface area contributed by atoms with Crippen molar-refractivity contribution >= 4 is 51.6 Å². The quantitative estimate of drug-likeness (QED) is 0.0626. The average Bonchev–Trinajstić information content (AvgIpc) is 2.01. The van der Waals surface area contributed by atoms with Crippen molar-refractivity contribution in [1.82, 2.24) is 49.6 Å². The van der Waals surface area contributed by atoms with Crippen LogP contribution in [0.5, 0.6) is 17.5 Å². The number of likely N-dealkylation sites (tertiary alicyclic amines) is 1. The summed E-state index contributed by atoms with van der Waals surface area (Å²) in [6.07, 6.45) is -3.33. The lowest BCUT2D eigenvalue weighted by Crippen LogP contribution is -2.55. The molecule has 3 amide bonds. The van der Waals surface area contributed by atoms with E-state index in [9.17, 15) is 51.8 Å². The van der Waals surface area contributed by atoms with Gasteiger partial charge >= 0.3 is 18.1 Å². The largest absolute Gasteiger partial charge is 0.508 e. The zero-order valence-electron chi connectivity index (χ0n) is 46.5. The van der Waals surface area contributed by atoms with Gasteiger partial charge in [0.1, 0.15) is 23.9 Å². The molecular weight excluding hydrogens is 1120 g/mol. The van der Waals surface area contributed by atoms with E-state index in [0.717, 1.165) is 43.9 Å². The Kier molecular flexibility index (Phi) is 17.0. The standard InChI is InChI=1S/C59H63ClF5N13O6/c1-5-50(81)77-25-24-76(31-40(77)16-18-66)52-42-17-19-75(47-11-7-9-37-8-6-10-45(60)51(37)47)32-46(42)68-57(69-52)84-33-41-26-38(30-72(41)4)56(83)74-22-20-73(21-23-74)29-36-12-14-39(15-13-36)78-53(44-27-43(35(2)3)48(79)28-49(44)80)70-71-54(78)55(82)67-34-58(61,62)59(63,64)65/h5-15,27-28,35,38,40-41,79-80H,1,16-17,19-26,29-34H2,2-4H3,(H,67,82)/t38-,40-,41-/m0/s1. The topological polar surface area (TPSA) is 213 Å². The molecule has 4 aliphatic rings. The number of benzene rings is 4. The maximum Gasteiger partial charge on any atom is 0.455 e. The molecule has 0 bridgehead atoms. The molecule has 6 heterocycles. The SMILES string of the molecule is C=CC(=O)N1CCN(c2nc(OC[C@@H]3C[C@H](C(=O)N4CCN(Cc5ccc(-n6c(C(=O)NCC(F)(F)C(F)(F)F)nnc6-c6cc(C(C)C)c(O)cc6O)cc5)CC4)CN3C)nc3c2CCN(c2cccc4cccc(Cl)c24)C3)C[C@@H]1CC#N. The van der Waals surface area contributed by atoms with E-state index < -0.39 is 36.1 Å². The third kappa shape index (κ3) is 12.1. The van der Waals surface area contributed by atoms with Gasteiger partial charge in [-0.05, 0) is 78.7 Å². The lowest BCUT2D eigenvalue weighted by molar-refractivity contribution is -0.278. The molecule has 0 spiro atoms. The first kappa shape index (κ1) is 59.0. The van der Waals surface area contributed by atoms with E-state index in [4.69, 9.17) is 26.3 Å². The van der Waals surface area contributed by atoms with Gasteiger partial charge in [0, 0.05) is 99.9 Å². The maximum atomic E-state index is 14.2. The molecule has 2 aromatic heterocycles. The van der Waals surface area contributed by atoms with Crippen LogP contribution in [0.1, 0.15) is 65.6 Å². The predicted molar refractivity (Wildman–Crippen MR) is 303 cm³/mol. The van der Waals surface area contributed by atoms with Gasteiger partial charge in [0.25, 0.3) is 5.91 Å². The number of halogens is 6. The molecule has 84 heavy (non-hydrogen) atoms. The second kappa shape index (κ2) is 24.2. The van der Waals surface area contributed by atoms with E-state index in [1.54, 1.807) is 48.3 Å². The van der Waals surface area contributed by atoms with E-state index in [-0.39, 0.29) is 77.6 Å². The maximum absolute atomic E-state index is 14.2. The van der Waals surface area contributed by atoms with Crippen LogP contribution in [0.25, 0.3) is 27.8 Å². The Labute approximate surface area is 486 Å². The van der Waals surface area contributed by atoms with Crippen LogP contribution in [0, 0.1) is 17.2 Å². The molecule has 19 nitrogen and oxygen atoms in total. The number of rotatable bonds is 16. The number of hydrogen-bond acceptors (Lipinski definition) is 15. The Morgan fingerprint density at radius 1 is 0.905 bits per heavy atom. The minimum absolute atomic E-state index is 0.0127. The number of amides is 3. The summed E-state index contributed by atoms with van der Waals surface area (Å²) >= 11 is 6.80. The number of ether oxygens (including phenoxy) is 1. The second-order valence-corrected chi connectivity index (χ2v) is 22.4. The Bertz CT molecular complexity index is 3510. The first-order chi connectivity index (χ1) is 40.1. The molecule has 3 atom stereocenters. The summed E-state index contributed by atoms with van der Waals surface area (Å²) in [5.41, 5.74) is 4.23. The molecule has 3 N–H and O–H groups in total. The lowest BCUT2D eigenvalue weighted by Gasteiger charge is -2.42. The summed E-state index contributed by atoms with van der Waals surface area (Å²) in [5.74, 6) is -8.06. The Hall–Kier alpha value is -8.14. The number of anilines is 2. The van der Waals surface area contributed by atoms with Gasteiger partial charge in [-0.1, -0.05) is 68.4 Å². The summed E-state index contributed by atoms with van der Waals surface area (Å²) in [7, 11) is 1.97. The molecule has 3 fully saturated rings. The fraction of sp³-hybridized carbons (Fsp3) is 0.424. The van der Waals surface area contributed by atoms with Crippen molar-refractivity contribution in [3.05, 3.63) is 119 Å². The number of aromatic hydroxyl groups is 2. The number of nitrogens with one attached hydrogen (secondary N) is 1. The van der Waals surface area contributed by atoms with Crippen LogP contribution < -0.4 is 19.9 Å². The van der Waals surface area contributed by atoms with Gasteiger partial charge < -0.3 is 39.9 Å². The van der Waals surface area contributed by atoms with Crippen LogP contribution in [-0.4, -0.2) is 176 Å². The number of nitriles is 1. The van der Waals surface area contributed by atoms with Crippen LogP contribution in [0.4, 0.5) is 33.5 Å². The van der Waals surface area contributed by atoms with Gasteiger partial charge in [-0.25, -0.2) is 0 Å². The fourth-order valence-electron chi connectivity index (χ4n) is 11.7. The van der Waals surface area contributed by atoms with Crippen molar-refractivity contribution in [3.8, 4) is 40.7 Å². The van der Waals surface area contributed by atoms with Crippen molar-refractivity contribution in [1.29, 1.82) is 5.26 Å². The van der Waals surface area contributed by atoms with Gasteiger partial charge in [-0.15, -0.1) is 10.2 Å². The van der Waals surface area contributed by atoms with Crippen LogP contribution >= 0.6 is 11.6 Å². The molecule has 6 aromatic rings. The van der Waals surface area contributed by atoms with Gasteiger partial charge in [0.05, 0.1) is 53.8 Å². The highest BCUT2D eigenvalue weighted by atomic mass is 35.5. The van der Waals surface area contributed by atoms with Crippen LogP contribution in [-0.2, 0) is 29.1 Å². The fourth-order valence-corrected chi connectivity index (χ4v) is 11.9. The number of piperazine rings is 2. The number of fused-ring (bicyclic) bond motifs is 2. The summed E-state index contributed by atoms with van der Waals surface area (Å²) in [4.78, 5) is 62.7. The van der Waals surface area contributed by atoms with Crippen LogP contribution in [0.15, 0.2) is 85.5 Å². The number of carbonyl (C=O) groups excluding carboxylic acids is 3. The van der Waals surface area contributed by atoms with Crippen LogP contribution in [0.3, 0.4) is 0 Å². The summed E-state index contributed by atoms with van der Waals surface area (Å²) in [5, 5.41) is 43.4. The molecular formula is C59H63ClF5N13O6. The van der Waals surface area contributed by atoms with Crippen molar-refractivity contribution in [3.63, 3.8) is 0 Å². The molecule has 442 valence electrons. The Morgan fingerprint density at radius 2 is 1.64 bits per heavy atom. The zero-order chi connectivity index (χ0) is 59.8. The van der Waals surface area contributed by atoms with E-state index in [2.05, 4.69) is 48.5 Å². The molecule has 3 saturated heterocycles. The summed E-state index contributed by atoms with van der Waals surface area (Å²) in [6, 6.07) is 23.1. The number of hydrogen-bond donors (Lipinski definition) is 3. The summed E-state index contributed by atoms with van der Waals surface area (Å²) in [6.45, 7) is 10.9. The Morgan fingerprint density at radius 3 is 2.35 bits per heavy atom. The first-order valence-electron chi connectivity index (χ1n) is 27.7. The van der Waals surface area contributed by atoms with E-state index in [0.29, 0.717) is 101 Å². The normalized spacial score (nSPS) is 18.9. The smallest absolute Gasteiger partial charge is 0.455 e. The number of alkyl halides is 5. The van der Waals surface area contributed by atoms with Crippen molar-refractivity contribution in [2.45, 2.75) is 76.3 Å². The monoisotopic (exact) mass is 1180 g/mol. The van der Waals surface area contributed by atoms with Gasteiger partial charge in [-0.3, -0.25) is 28.8 Å². The average molecular weight is 1180 g/mol. The molecule has 10 rings (SSSR count). The number of likely N-dealkylation sites (N-methyl/N-ethyl adjacent to an activating group) is 1. The van der Waals surface area contributed by atoms with E-state index >= 15 is 0 Å². The molecule has 0 unspecified atom stereocenters. The van der Waals surface area contributed by atoms with Crippen molar-refractivity contribution in [2.75, 3.05) is 88.9 Å². The van der Waals surface area contributed by atoms with E-state index in [1.165, 1.54) is 12.1 Å².